The molecule has 2 atom stereocenters. The van der Waals surface area contributed by atoms with Crippen LogP contribution in [-0.4, -0.2) is 37.6 Å². The van der Waals surface area contributed by atoms with Crippen molar-refractivity contribution in [3.8, 4) is 0 Å². The first-order chi connectivity index (χ1) is 12.4. The van der Waals surface area contributed by atoms with Crippen molar-refractivity contribution >= 4 is 28.7 Å². The number of aliphatic hydroxyl groups excluding tert-OH is 1. The molecule has 0 bridgehead atoms. The van der Waals surface area contributed by atoms with E-state index in [1.807, 2.05) is 6.07 Å². The van der Waals surface area contributed by atoms with E-state index in [9.17, 15) is 5.11 Å². The summed E-state index contributed by atoms with van der Waals surface area (Å²) >= 11 is 6.09. The first-order valence-corrected chi connectivity index (χ1v) is 9.96. The van der Waals surface area contributed by atoms with Gasteiger partial charge in [0.2, 0.25) is 5.95 Å². The van der Waals surface area contributed by atoms with Crippen LogP contribution in [0.3, 0.4) is 0 Å². The largest absolute Gasteiger partial charge is 0.374 e. The number of halogens is 1. The Labute approximate surface area is 158 Å². The predicted octanol–water partition coefficient (Wildman–Crippen LogP) is 4.28. The summed E-state index contributed by atoms with van der Waals surface area (Å²) in [6, 6.07) is 4.00. The Morgan fingerprint density at radius 2 is 2.12 bits per heavy atom. The minimum absolute atomic E-state index is 0.0651. The minimum atomic E-state index is -0.708. The molecule has 26 heavy (non-hydrogen) atoms. The Bertz CT molecular complexity index is 787. The summed E-state index contributed by atoms with van der Waals surface area (Å²) in [5, 5.41) is 14.3. The summed E-state index contributed by atoms with van der Waals surface area (Å²) in [6.45, 7) is 4.23. The van der Waals surface area contributed by atoms with Crippen LogP contribution in [0.2, 0.25) is 5.15 Å². The molecule has 0 radical (unpaired) electrons. The highest BCUT2D eigenvalue weighted by atomic mass is 35.5. The van der Waals surface area contributed by atoms with Crippen LogP contribution in [0, 0.1) is 0 Å². The molecule has 2 aliphatic rings. The van der Waals surface area contributed by atoms with E-state index in [1.54, 1.807) is 6.07 Å². The Hall–Kier alpha value is -1.37. The second-order valence-electron chi connectivity index (χ2n) is 8.15. The number of hydrogen-bond donors (Lipinski definition) is 2. The molecular formula is C19H27ClN4O2. The minimum Gasteiger partial charge on any atom is -0.374 e. The average Bonchev–Trinajstić information content (AvgIpc) is 2.82. The van der Waals surface area contributed by atoms with Crippen LogP contribution in [0.4, 0.5) is 5.95 Å². The number of hydrogen-bond acceptors (Lipinski definition) is 5. The quantitative estimate of drug-likeness (QED) is 0.600. The van der Waals surface area contributed by atoms with Gasteiger partial charge in [-0.2, -0.15) is 0 Å². The van der Waals surface area contributed by atoms with Gasteiger partial charge in [0.25, 0.3) is 0 Å². The van der Waals surface area contributed by atoms with Crippen LogP contribution >= 0.6 is 11.6 Å². The van der Waals surface area contributed by atoms with E-state index in [0.717, 1.165) is 43.3 Å². The van der Waals surface area contributed by atoms with Crippen molar-refractivity contribution in [1.29, 1.82) is 0 Å². The summed E-state index contributed by atoms with van der Waals surface area (Å²) in [4.78, 5) is 9.11. The summed E-state index contributed by atoms with van der Waals surface area (Å²) in [5.74, 6) is 0.669. The fraction of sp³-hybridized carbons (Fsp3) is 0.684. The van der Waals surface area contributed by atoms with Gasteiger partial charge in [-0.1, -0.05) is 11.6 Å². The van der Waals surface area contributed by atoms with Crippen molar-refractivity contribution in [3.63, 3.8) is 0 Å². The number of rotatable bonds is 5. The van der Waals surface area contributed by atoms with Gasteiger partial charge in [-0.3, -0.25) is 4.57 Å². The fourth-order valence-corrected chi connectivity index (χ4v) is 4.13. The predicted molar refractivity (Wildman–Crippen MR) is 102 cm³/mol. The molecule has 0 spiro atoms. The van der Waals surface area contributed by atoms with Gasteiger partial charge in [0.05, 0.1) is 11.7 Å². The molecule has 0 aromatic carbocycles. The van der Waals surface area contributed by atoms with Gasteiger partial charge in [-0.15, -0.1) is 0 Å². The lowest BCUT2D eigenvalue weighted by Crippen LogP contribution is -2.38. The normalized spacial score (nSPS) is 24.4. The number of imidazole rings is 1. The van der Waals surface area contributed by atoms with Crippen LogP contribution < -0.4 is 5.32 Å². The van der Waals surface area contributed by atoms with E-state index in [0.29, 0.717) is 23.6 Å². The van der Waals surface area contributed by atoms with Crippen LogP contribution in [0.25, 0.3) is 11.2 Å². The van der Waals surface area contributed by atoms with Gasteiger partial charge in [0.15, 0.2) is 5.65 Å². The van der Waals surface area contributed by atoms with Gasteiger partial charge in [0.1, 0.15) is 16.9 Å². The first kappa shape index (κ1) is 18.0. The van der Waals surface area contributed by atoms with E-state index < -0.39 is 6.23 Å². The molecule has 2 unspecified atom stereocenters. The monoisotopic (exact) mass is 378 g/mol. The molecule has 6 nitrogen and oxygen atoms in total. The number of fused-ring (bicyclic) bond motifs is 1. The molecular weight excluding hydrogens is 352 g/mol. The third-order valence-corrected chi connectivity index (χ3v) is 5.73. The van der Waals surface area contributed by atoms with Gasteiger partial charge >= 0.3 is 0 Å². The van der Waals surface area contributed by atoms with Gasteiger partial charge in [0, 0.05) is 12.5 Å². The van der Waals surface area contributed by atoms with Gasteiger partial charge < -0.3 is 15.2 Å². The molecule has 2 fully saturated rings. The molecule has 1 aliphatic heterocycles. The number of anilines is 1. The molecule has 2 N–H and O–H groups in total. The second kappa shape index (κ2) is 6.98. The Kier molecular flexibility index (Phi) is 4.84. The number of nitrogens with zero attached hydrogens (tertiary/aromatic N) is 3. The van der Waals surface area contributed by atoms with Gasteiger partial charge in [-0.25, -0.2) is 9.97 Å². The van der Waals surface area contributed by atoms with E-state index in [-0.39, 0.29) is 11.7 Å². The van der Waals surface area contributed by atoms with Crippen molar-refractivity contribution in [1.82, 2.24) is 14.5 Å². The van der Waals surface area contributed by atoms with Gasteiger partial charge in [-0.05, 0) is 64.5 Å². The Morgan fingerprint density at radius 3 is 2.81 bits per heavy atom. The summed E-state index contributed by atoms with van der Waals surface area (Å²) < 4.78 is 8.21. The fourth-order valence-electron chi connectivity index (χ4n) is 3.99. The molecule has 1 saturated carbocycles. The van der Waals surface area contributed by atoms with E-state index in [1.165, 1.54) is 6.42 Å². The maximum absolute atomic E-state index is 10.6. The third kappa shape index (κ3) is 3.68. The molecule has 0 amide bonds. The highest BCUT2D eigenvalue weighted by molar-refractivity contribution is 6.29. The zero-order valence-corrected chi connectivity index (χ0v) is 16.2. The van der Waals surface area contributed by atoms with E-state index in [2.05, 4.69) is 33.7 Å². The van der Waals surface area contributed by atoms with Crippen molar-refractivity contribution < 1.29 is 9.84 Å². The first-order valence-electron chi connectivity index (χ1n) is 9.58. The summed E-state index contributed by atoms with van der Waals surface area (Å²) in [6.07, 6.45) is 6.50. The SMILES string of the molecule is CC1(C)CCCC(CC(O)Nc2nc3ccc(Cl)nc3n2C2CCC2)O1. The molecule has 4 rings (SSSR count). The lowest BCUT2D eigenvalue weighted by atomic mass is 9.93. The number of nitrogens with one attached hydrogen (secondary N) is 1. The molecule has 2 aromatic rings. The van der Waals surface area contributed by atoms with E-state index in [4.69, 9.17) is 16.3 Å². The second-order valence-corrected chi connectivity index (χ2v) is 8.54. The Balaban J connectivity index is 1.52. The highest BCUT2D eigenvalue weighted by Crippen LogP contribution is 2.37. The summed E-state index contributed by atoms with van der Waals surface area (Å²) in [7, 11) is 0. The van der Waals surface area contributed by atoms with E-state index >= 15 is 0 Å². The maximum Gasteiger partial charge on any atom is 0.207 e. The van der Waals surface area contributed by atoms with Crippen molar-refractivity contribution in [2.24, 2.45) is 0 Å². The van der Waals surface area contributed by atoms with Crippen molar-refractivity contribution in [2.75, 3.05) is 5.32 Å². The van der Waals surface area contributed by atoms with Crippen LogP contribution in [0.1, 0.15) is 64.8 Å². The number of aliphatic hydroxyl groups is 1. The number of pyridine rings is 1. The third-order valence-electron chi connectivity index (χ3n) is 5.52. The maximum atomic E-state index is 10.6. The smallest absolute Gasteiger partial charge is 0.207 e. The standard InChI is InChI=1S/C19H27ClN4O2/c1-19(2)10-4-7-13(26-19)11-16(25)23-18-21-14-8-9-15(20)22-17(14)24(18)12-5-3-6-12/h8-9,12-13,16,25H,3-7,10-11H2,1-2H3,(H,21,23). The Morgan fingerprint density at radius 1 is 1.31 bits per heavy atom. The number of ether oxygens (including phenoxy) is 1. The molecule has 3 heterocycles. The van der Waals surface area contributed by atoms with Crippen LogP contribution in [0.5, 0.6) is 0 Å². The molecule has 7 heteroatoms. The lowest BCUT2D eigenvalue weighted by Gasteiger charge is -2.37. The van der Waals surface area contributed by atoms with Crippen LogP contribution in [0.15, 0.2) is 12.1 Å². The molecule has 142 valence electrons. The summed E-state index contributed by atoms with van der Waals surface area (Å²) in [5.41, 5.74) is 1.47. The topological polar surface area (TPSA) is 72.2 Å². The molecule has 2 aromatic heterocycles. The molecule has 1 saturated heterocycles. The lowest BCUT2D eigenvalue weighted by molar-refractivity contribution is -0.117. The zero-order valence-electron chi connectivity index (χ0n) is 15.4. The highest BCUT2D eigenvalue weighted by Gasteiger charge is 2.31. The number of aromatic nitrogens is 3. The van der Waals surface area contributed by atoms with Crippen molar-refractivity contribution in [3.05, 3.63) is 17.3 Å². The zero-order chi connectivity index (χ0) is 18.3. The average molecular weight is 379 g/mol. The van der Waals surface area contributed by atoms with Crippen molar-refractivity contribution in [2.45, 2.75) is 82.8 Å². The van der Waals surface area contributed by atoms with Crippen LogP contribution in [-0.2, 0) is 4.74 Å². The molecule has 1 aliphatic carbocycles.